The minimum absolute atomic E-state index is 0.0832. The van der Waals surface area contributed by atoms with E-state index in [1.807, 2.05) is 10.9 Å². The quantitative estimate of drug-likeness (QED) is 0.754. The van der Waals surface area contributed by atoms with Crippen molar-refractivity contribution in [2.45, 2.75) is 30.6 Å². The van der Waals surface area contributed by atoms with Crippen LogP contribution in [0.5, 0.6) is 5.75 Å². The number of hydrogen-bond donors (Lipinski definition) is 2. The summed E-state index contributed by atoms with van der Waals surface area (Å²) in [6.07, 6.45) is 3.94. The molecule has 0 saturated heterocycles. The van der Waals surface area contributed by atoms with Gasteiger partial charge in [-0.05, 0) is 61.1 Å². The third-order valence-electron chi connectivity index (χ3n) is 4.15. The molecule has 0 saturated carbocycles. The molecule has 1 aliphatic carbocycles. The van der Waals surface area contributed by atoms with Gasteiger partial charge in [-0.25, -0.2) is 12.8 Å². The van der Waals surface area contributed by atoms with Crippen LogP contribution in [0.3, 0.4) is 0 Å². The Morgan fingerprint density at radius 1 is 1.08 bits per heavy atom. The Morgan fingerprint density at radius 3 is 2.58 bits per heavy atom. The van der Waals surface area contributed by atoms with Gasteiger partial charge in [-0.3, -0.25) is 10.2 Å². The Kier molecular flexibility index (Phi) is 5.53. The van der Waals surface area contributed by atoms with Crippen molar-refractivity contribution in [2.75, 3.05) is 6.61 Å². The second-order valence-corrected chi connectivity index (χ2v) is 7.69. The molecule has 0 unspecified atom stereocenters. The topological polar surface area (TPSA) is 84.5 Å². The van der Waals surface area contributed by atoms with Crippen LogP contribution in [0.1, 0.15) is 24.0 Å². The van der Waals surface area contributed by atoms with Crippen LogP contribution in [0.15, 0.2) is 47.4 Å². The van der Waals surface area contributed by atoms with Gasteiger partial charge in [0.2, 0.25) is 0 Å². The summed E-state index contributed by atoms with van der Waals surface area (Å²) in [6.45, 7) is -0.520. The van der Waals surface area contributed by atoms with E-state index >= 15 is 0 Å². The molecule has 0 atom stereocenters. The zero-order valence-corrected chi connectivity index (χ0v) is 14.8. The molecule has 0 aromatic heterocycles. The lowest BCUT2D eigenvalue weighted by molar-refractivity contribution is -0.123. The van der Waals surface area contributed by atoms with Crippen molar-refractivity contribution >= 4 is 15.9 Å². The lowest BCUT2D eigenvalue weighted by Crippen LogP contribution is -2.43. The van der Waals surface area contributed by atoms with Gasteiger partial charge in [0.25, 0.3) is 15.9 Å². The minimum atomic E-state index is -3.89. The summed E-state index contributed by atoms with van der Waals surface area (Å²) in [6, 6.07) is 10.6. The van der Waals surface area contributed by atoms with Crippen LogP contribution in [0, 0.1) is 5.82 Å². The number of amides is 1. The summed E-state index contributed by atoms with van der Waals surface area (Å²) in [7, 11) is -3.89. The maximum absolute atomic E-state index is 13.4. The molecule has 138 valence electrons. The smallest absolute Gasteiger partial charge is 0.272 e. The van der Waals surface area contributed by atoms with E-state index in [-0.39, 0.29) is 10.6 Å². The van der Waals surface area contributed by atoms with Crippen LogP contribution < -0.4 is 15.0 Å². The van der Waals surface area contributed by atoms with Gasteiger partial charge in [0.15, 0.2) is 18.2 Å². The van der Waals surface area contributed by atoms with Gasteiger partial charge in [-0.15, -0.1) is 4.83 Å². The van der Waals surface area contributed by atoms with E-state index < -0.39 is 28.4 Å². The van der Waals surface area contributed by atoms with Gasteiger partial charge in [-0.1, -0.05) is 18.2 Å². The molecule has 0 heterocycles. The maximum Gasteiger partial charge on any atom is 0.272 e. The van der Waals surface area contributed by atoms with Crippen molar-refractivity contribution < 1.29 is 22.3 Å². The standard InChI is InChI=1S/C18H19FN2O4S/c19-16-7-3-4-8-17(16)25-12-18(22)20-21-26(23,24)15-10-9-13-5-1-2-6-14(13)11-15/h3-4,7-11,21H,1-2,5-6,12H2,(H,20,22). The lowest BCUT2D eigenvalue weighted by Gasteiger charge is -2.17. The van der Waals surface area contributed by atoms with E-state index in [0.29, 0.717) is 0 Å². The fourth-order valence-electron chi connectivity index (χ4n) is 2.80. The highest BCUT2D eigenvalue weighted by molar-refractivity contribution is 7.89. The molecular weight excluding hydrogens is 359 g/mol. The average molecular weight is 378 g/mol. The number of benzene rings is 2. The fraction of sp³-hybridized carbons (Fsp3) is 0.278. The molecule has 0 spiro atoms. The zero-order chi connectivity index (χ0) is 18.6. The summed E-state index contributed by atoms with van der Waals surface area (Å²) in [4.78, 5) is 13.9. The lowest BCUT2D eigenvalue weighted by atomic mass is 9.92. The Balaban J connectivity index is 1.58. The molecule has 2 aromatic rings. The largest absolute Gasteiger partial charge is 0.481 e. The number of halogens is 1. The van der Waals surface area contributed by atoms with Gasteiger partial charge in [-0.2, -0.15) is 0 Å². The van der Waals surface area contributed by atoms with E-state index in [1.165, 1.54) is 24.3 Å². The molecule has 0 fully saturated rings. The number of aryl methyl sites for hydroxylation is 2. The normalized spacial score (nSPS) is 13.7. The predicted molar refractivity (Wildman–Crippen MR) is 93.4 cm³/mol. The minimum Gasteiger partial charge on any atom is -0.481 e. The summed E-state index contributed by atoms with van der Waals surface area (Å²) in [5, 5.41) is 0. The number of rotatable bonds is 6. The summed E-state index contributed by atoms with van der Waals surface area (Å²) in [5.74, 6) is -1.43. The number of nitrogens with one attached hydrogen (secondary N) is 2. The number of carbonyl (C=O) groups excluding carboxylic acids is 1. The molecule has 2 N–H and O–H groups in total. The zero-order valence-electron chi connectivity index (χ0n) is 14.0. The average Bonchev–Trinajstić information content (AvgIpc) is 2.65. The molecule has 0 aliphatic heterocycles. The highest BCUT2D eigenvalue weighted by Crippen LogP contribution is 2.23. The molecule has 26 heavy (non-hydrogen) atoms. The maximum atomic E-state index is 13.4. The molecular formula is C18H19FN2O4S. The van der Waals surface area contributed by atoms with E-state index in [9.17, 15) is 17.6 Å². The van der Waals surface area contributed by atoms with Gasteiger partial charge < -0.3 is 4.74 Å². The van der Waals surface area contributed by atoms with Crippen molar-refractivity contribution in [1.29, 1.82) is 0 Å². The molecule has 0 bridgehead atoms. The first-order valence-electron chi connectivity index (χ1n) is 8.25. The molecule has 8 heteroatoms. The third kappa shape index (κ3) is 4.39. The predicted octanol–water partition coefficient (Wildman–Crippen LogP) is 2.09. The van der Waals surface area contributed by atoms with E-state index in [1.54, 1.807) is 12.1 Å². The summed E-state index contributed by atoms with van der Waals surface area (Å²) >= 11 is 0. The molecule has 1 amide bonds. The first-order chi connectivity index (χ1) is 12.5. The number of para-hydroxylation sites is 1. The number of fused-ring (bicyclic) bond motifs is 1. The Morgan fingerprint density at radius 2 is 1.81 bits per heavy atom. The number of hydrogen-bond acceptors (Lipinski definition) is 4. The van der Waals surface area contributed by atoms with Crippen LogP contribution in [-0.2, 0) is 27.7 Å². The highest BCUT2D eigenvalue weighted by Gasteiger charge is 2.18. The van der Waals surface area contributed by atoms with Gasteiger partial charge in [0.1, 0.15) is 0 Å². The number of ether oxygens (including phenoxy) is 1. The van der Waals surface area contributed by atoms with E-state index in [0.717, 1.165) is 36.8 Å². The van der Waals surface area contributed by atoms with Gasteiger partial charge >= 0.3 is 0 Å². The van der Waals surface area contributed by atoms with Crippen molar-refractivity contribution in [3.63, 3.8) is 0 Å². The Labute approximate surface area is 151 Å². The van der Waals surface area contributed by atoms with Crippen molar-refractivity contribution in [1.82, 2.24) is 10.3 Å². The van der Waals surface area contributed by atoms with Crippen molar-refractivity contribution in [2.24, 2.45) is 0 Å². The molecule has 2 aromatic carbocycles. The molecule has 6 nitrogen and oxygen atoms in total. The van der Waals surface area contributed by atoms with Gasteiger partial charge in [0.05, 0.1) is 4.90 Å². The summed E-state index contributed by atoms with van der Waals surface area (Å²) < 4.78 is 43.1. The first-order valence-corrected chi connectivity index (χ1v) is 9.74. The van der Waals surface area contributed by atoms with Crippen molar-refractivity contribution in [3.8, 4) is 5.75 Å². The molecule has 3 rings (SSSR count). The van der Waals surface area contributed by atoms with Crippen LogP contribution in [0.4, 0.5) is 4.39 Å². The SMILES string of the molecule is O=C(COc1ccccc1F)NNS(=O)(=O)c1ccc2c(c1)CCCC2. The van der Waals surface area contributed by atoms with Gasteiger partial charge in [0, 0.05) is 0 Å². The number of hydrazine groups is 1. The van der Waals surface area contributed by atoms with Crippen LogP contribution in [0.25, 0.3) is 0 Å². The van der Waals surface area contributed by atoms with Crippen LogP contribution in [0.2, 0.25) is 0 Å². The fourth-order valence-corrected chi connectivity index (χ4v) is 3.71. The van der Waals surface area contributed by atoms with E-state index in [2.05, 4.69) is 5.43 Å². The van der Waals surface area contributed by atoms with Crippen LogP contribution >= 0.6 is 0 Å². The van der Waals surface area contributed by atoms with Crippen molar-refractivity contribution in [3.05, 3.63) is 59.4 Å². The van der Waals surface area contributed by atoms with Crippen LogP contribution in [-0.4, -0.2) is 20.9 Å². The summed E-state index contributed by atoms with van der Waals surface area (Å²) in [5.41, 5.74) is 4.25. The first kappa shape index (κ1) is 18.3. The van der Waals surface area contributed by atoms with E-state index in [4.69, 9.17) is 4.74 Å². The third-order valence-corrected chi connectivity index (χ3v) is 5.40. The second-order valence-electron chi connectivity index (χ2n) is 6.01. The molecule has 0 radical (unpaired) electrons. The number of carbonyl (C=O) groups is 1. The Bertz CT molecular complexity index is 915. The Hall–Kier alpha value is -2.45. The molecule has 1 aliphatic rings. The number of sulfonamides is 1. The second kappa shape index (κ2) is 7.84. The monoisotopic (exact) mass is 378 g/mol. The highest BCUT2D eigenvalue weighted by atomic mass is 32.2.